The van der Waals surface area contributed by atoms with E-state index in [-0.39, 0.29) is 17.9 Å². The van der Waals surface area contributed by atoms with Gasteiger partial charge in [0, 0.05) is 23.7 Å². The van der Waals surface area contributed by atoms with E-state index in [4.69, 9.17) is 4.74 Å². The van der Waals surface area contributed by atoms with Gasteiger partial charge in [-0.3, -0.25) is 9.89 Å². The summed E-state index contributed by atoms with van der Waals surface area (Å²) >= 11 is 0. The van der Waals surface area contributed by atoms with Crippen LogP contribution < -0.4 is 10.1 Å². The van der Waals surface area contributed by atoms with Gasteiger partial charge in [-0.25, -0.2) is 4.52 Å². The molecule has 0 spiro atoms. The molecular weight excluding hydrogens is 330 g/mol. The number of H-pyrrole nitrogens is 1. The molecule has 3 aromatic rings. The molecular formula is C19H21N5O2. The summed E-state index contributed by atoms with van der Waals surface area (Å²) < 4.78 is 7.89. The van der Waals surface area contributed by atoms with Crippen molar-refractivity contribution in [3.8, 4) is 17.0 Å². The van der Waals surface area contributed by atoms with Crippen LogP contribution in [-0.4, -0.2) is 31.8 Å². The number of carbonyl (C=O) groups is 1. The van der Waals surface area contributed by atoms with Gasteiger partial charge in [0.05, 0.1) is 17.8 Å². The molecule has 26 heavy (non-hydrogen) atoms. The van der Waals surface area contributed by atoms with Gasteiger partial charge >= 0.3 is 0 Å². The maximum absolute atomic E-state index is 11.9. The normalized spacial score (nSPS) is 17.7. The van der Waals surface area contributed by atoms with Gasteiger partial charge in [-0.15, -0.1) is 0 Å². The van der Waals surface area contributed by atoms with Crippen molar-refractivity contribution in [2.45, 2.75) is 44.6 Å². The third-order valence-electron chi connectivity index (χ3n) is 5.15. The second kappa shape index (κ2) is 6.16. The van der Waals surface area contributed by atoms with Crippen LogP contribution in [0, 0.1) is 5.92 Å². The van der Waals surface area contributed by atoms with E-state index in [1.165, 1.54) is 12.8 Å². The Kier molecular flexibility index (Phi) is 3.65. The number of anilines is 1. The van der Waals surface area contributed by atoms with Gasteiger partial charge in [0.2, 0.25) is 5.91 Å². The first-order valence-electron chi connectivity index (χ1n) is 9.27. The Morgan fingerprint density at radius 3 is 2.88 bits per heavy atom. The molecule has 0 radical (unpaired) electrons. The number of aromatic amines is 1. The number of fused-ring (bicyclic) bond motifs is 1. The van der Waals surface area contributed by atoms with E-state index in [1.54, 1.807) is 10.7 Å². The lowest BCUT2D eigenvalue weighted by Gasteiger charge is -2.12. The maximum Gasteiger partial charge on any atom is 0.228 e. The van der Waals surface area contributed by atoms with Gasteiger partial charge in [0.1, 0.15) is 5.69 Å². The van der Waals surface area contributed by atoms with Crippen LogP contribution in [0.3, 0.4) is 0 Å². The summed E-state index contributed by atoms with van der Waals surface area (Å²) in [5, 5.41) is 14.5. The number of rotatable bonds is 5. The van der Waals surface area contributed by atoms with E-state index in [0.29, 0.717) is 5.82 Å². The standard InChI is InChI=1S/C19H21N5O2/c25-19(12-5-6-12)21-17-10-14-9-13(7-8-24(14)23-17)18-16(11-20-22-18)26-15-3-1-2-4-15/h7-12,15H,1-6H2,(H,20,22)(H,21,23,25). The Morgan fingerprint density at radius 1 is 1.23 bits per heavy atom. The van der Waals surface area contributed by atoms with Crippen molar-refractivity contribution in [2.24, 2.45) is 5.92 Å². The quantitative estimate of drug-likeness (QED) is 0.738. The maximum atomic E-state index is 11.9. The van der Waals surface area contributed by atoms with Crippen molar-refractivity contribution in [2.75, 3.05) is 5.32 Å². The molecule has 7 heteroatoms. The van der Waals surface area contributed by atoms with E-state index in [0.717, 1.165) is 48.2 Å². The van der Waals surface area contributed by atoms with Crippen molar-refractivity contribution >= 4 is 17.2 Å². The predicted octanol–water partition coefficient (Wildman–Crippen LogP) is 3.39. The first-order chi connectivity index (χ1) is 12.8. The van der Waals surface area contributed by atoms with Crippen LogP contribution in [0.5, 0.6) is 5.75 Å². The summed E-state index contributed by atoms with van der Waals surface area (Å²) in [6, 6.07) is 5.88. The van der Waals surface area contributed by atoms with Crippen LogP contribution >= 0.6 is 0 Å². The summed E-state index contributed by atoms with van der Waals surface area (Å²) in [4.78, 5) is 11.9. The molecule has 5 rings (SSSR count). The van der Waals surface area contributed by atoms with Crippen molar-refractivity contribution < 1.29 is 9.53 Å². The fourth-order valence-electron chi connectivity index (χ4n) is 3.54. The van der Waals surface area contributed by atoms with Crippen LogP contribution in [-0.2, 0) is 4.79 Å². The van der Waals surface area contributed by atoms with Gasteiger partial charge < -0.3 is 10.1 Å². The molecule has 3 aromatic heterocycles. The van der Waals surface area contributed by atoms with Crippen LogP contribution in [0.1, 0.15) is 38.5 Å². The Labute approximate surface area is 150 Å². The number of amides is 1. The molecule has 2 fully saturated rings. The number of ether oxygens (including phenoxy) is 1. The van der Waals surface area contributed by atoms with Crippen molar-refractivity contribution in [1.29, 1.82) is 0 Å². The number of pyridine rings is 1. The second-order valence-electron chi connectivity index (χ2n) is 7.21. The molecule has 0 aromatic carbocycles. The molecule has 0 saturated heterocycles. The Bertz CT molecular complexity index is 950. The van der Waals surface area contributed by atoms with Crippen LogP contribution in [0.25, 0.3) is 16.8 Å². The first kappa shape index (κ1) is 15.4. The van der Waals surface area contributed by atoms with Crippen molar-refractivity contribution in [1.82, 2.24) is 19.8 Å². The van der Waals surface area contributed by atoms with Gasteiger partial charge in [-0.05, 0) is 50.7 Å². The van der Waals surface area contributed by atoms with E-state index < -0.39 is 0 Å². The van der Waals surface area contributed by atoms with Crippen LogP contribution in [0.4, 0.5) is 5.82 Å². The molecule has 3 heterocycles. The molecule has 2 N–H and O–H groups in total. The summed E-state index contributed by atoms with van der Waals surface area (Å²) in [5.41, 5.74) is 2.78. The highest BCUT2D eigenvalue weighted by Crippen LogP contribution is 2.33. The summed E-state index contributed by atoms with van der Waals surface area (Å²) in [5.74, 6) is 1.61. The van der Waals surface area contributed by atoms with Gasteiger partial charge in [-0.1, -0.05) is 0 Å². The smallest absolute Gasteiger partial charge is 0.228 e. The third kappa shape index (κ3) is 2.94. The van der Waals surface area contributed by atoms with Crippen LogP contribution in [0.2, 0.25) is 0 Å². The van der Waals surface area contributed by atoms with E-state index in [1.807, 2.05) is 24.4 Å². The highest BCUT2D eigenvalue weighted by Gasteiger charge is 2.30. The molecule has 0 atom stereocenters. The minimum absolute atomic E-state index is 0.0643. The average molecular weight is 351 g/mol. The number of aromatic nitrogens is 4. The minimum atomic E-state index is 0.0643. The lowest BCUT2D eigenvalue weighted by Crippen LogP contribution is -2.13. The van der Waals surface area contributed by atoms with Gasteiger partial charge in [0.25, 0.3) is 0 Å². The molecule has 7 nitrogen and oxygen atoms in total. The van der Waals surface area contributed by atoms with Gasteiger partial charge in [-0.2, -0.15) is 10.2 Å². The minimum Gasteiger partial charge on any atom is -0.486 e. The molecule has 2 aliphatic rings. The van der Waals surface area contributed by atoms with Crippen molar-refractivity contribution in [3.63, 3.8) is 0 Å². The first-order valence-corrected chi connectivity index (χ1v) is 9.27. The number of hydrogen-bond donors (Lipinski definition) is 2. The highest BCUT2D eigenvalue weighted by atomic mass is 16.5. The molecule has 0 bridgehead atoms. The fraction of sp³-hybridized carbons (Fsp3) is 0.421. The van der Waals surface area contributed by atoms with Crippen LogP contribution in [0.15, 0.2) is 30.6 Å². The molecule has 0 unspecified atom stereocenters. The van der Waals surface area contributed by atoms with E-state index in [9.17, 15) is 4.79 Å². The second-order valence-corrected chi connectivity index (χ2v) is 7.21. The van der Waals surface area contributed by atoms with E-state index >= 15 is 0 Å². The lowest BCUT2D eigenvalue weighted by atomic mass is 10.1. The zero-order valence-electron chi connectivity index (χ0n) is 14.4. The zero-order chi connectivity index (χ0) is 17.5. The molecule has 134 valence electrons. The van der Waals surface area contributed by atoms with E-state index in [2.05, 4.69) is 20.6 Å². The fourth-order valence-corrected chi connectivity index (χ4v) is 3.54. The van der Waals surface area contributed by atoms with Crippen molar-refractivity contribution in [3.05, 3.63) is 30.6 Å². The molecule has 2 saturated carbocycles. The summed E-state index contributed by atoms with van der Waals surface area (Å²) in [6.45, 7) is 0. The summed E-state index contributed by atoms with van der Waals surface area (Å²) in [6.07, 6.45) is 10.6. The topological polar surface area (TPSA) is 84.3 Å². The van der Waals surface area contributed by atoms with Gasteiger partial charge in [0.15, 0.2) is 11.6 Å². The number of nitrogens with one attached hydrogen (secondary N) is 2. The average Bonchev–Trinajstić information content (AvgIpc) is 3.03. The Hall–Kier alpha value is -2.83. The Balaban J connectivity index is 1.40. The lowest BCUT2D eigenvalue weighted by molar-refractivity contribution is -0.117. The SMILES string of the molecule is O=C(Nc1cc2cc(-c3[nH]ncc3OC3CCCC3)ccn2n1)C1CC1. The number of carbonyl (C=O) groups excluding carboxylic acids is 1. The molecule has 0 aliphatic heterocycles. The summed E-state index contributed by atoms with van der Waals surface area (Å²) in [7, 11) is 0. The largest absolute Gasteiger partial charge is 0.486 e. The third-order valence-corrected chi connectivity index (χ3v) is 5.15. The molecule has 1 amide bonds. The monoisotopic (exact) mass is 351 g/mol. The molecule has 2 aliphatic carbocycles. The Morgan fingerprint density at radius 2 is 2.08 bits per heavy atom. The number of nitrogens with zero attached hydrogens (tertiary/aromatic N) is 3. The predicted molar refractivity (Wildman–Crippen MR) is 97.0 cm³/mol. The highest BCUT2D eigenvalue weighted by molar-refractivity contribution is 5.93. The zero-order valence-corrected chi connectivity index (χ0v) is 14.4. The number of hydrogen-bond acceptors (Lipinski definition) is 4.